The summed E-state index contributed by atoms with van der Waals surface area (Å²) in [5.74, 6) is 1.00. The summed E-state index contributed by atoms with van der Waals surface area (Å²) in [6, 6.07) is 19.4. The standard InChI is InChI=1S/C26H19FN2O5/c27-23-12-11-16(14-21(23)25(32)28-13-5-10-24(30)31)29-26(33)34-15-22-19-8-3-1-6-17(19)18-7-2-4-9-20(18)22/h1-4,6-9,11-12,14,22H,13,15H2,(H,28,32)(H,29,33)(H,30,31). The van der Waals surface area contributed by atoms with Gasteiger partial charge < -0.3 is 15.2 Å². The number of hydrogen-bond donors (Lipinski definition) is 3. The first kappa shape index (κ1) is 22.6. The zero-order valence-electron chi connectivity index (χ0n) is 17.8. The fourth-order valence-corrected chi connectivity index (χ4v) is 3.87. The molecule has 0 saturated heterocycles. The Labute approximate surface area is 194 Å². The van der Waals surface area contributed by atoms with Crippen molar-refractivity contribution in [2.45, 2.75) is 5.92 Å². The molecule has 34 heavy (non-hydrogen) atoms. The number of amides is 2. The van der Waals surface area contributed by atoms with Crippen LogP contribution in [0.2, 0.25) is 0 Å². The molecule has 3 aromatic carbocycles. The lowest BCUT2D eigenvalue weighted by molar-refractivity contribution is -0.130. The zero-order chi connectivity index (χ0) is 24.1. The number of nitrogens with one attached hydrogen (secondary N) is 2. The highest BCUT2D eigenvalue weighted by Gasteiger charge is 2.29. The number of ether oxygens (including phenoxy) is 1. The quantitative estimate of drug-likeness (QED) is 0.502. The smallest absolute Gasteiger partial charge is 0.411 e. The van der Waals surface area contributed by atoms with E-state index in [4.69, 9.17) is 9.84 Å². The molecule has 1 aliphatic carbocycles. The third kappa shape index (κ3) is 4.89. The van der Waals surface area contributed by atoms with Crippen LogP contribution in [0.3, 0.4) is 0 Å². The van der Waals surface area contributed by atoms with Crippen molar-refractivity contribution in [1.82, 2.24) is 5.32 Å². The van der Waals surface area contributed by atoms with Crippen LogP contribution in [0.25, 0.3) is 11.1 Å². The Bertz CT molecular complexity index is 1300. The highest BCUT2D eigenvalue weighted by molar-refractivity contribution is 5.97. The number of aliphatic carboxylic acids is 1. The number of rotatable bonds is 5. The van der Waals surface area contributed by atoms with E-state index >= 15 is 0 Å². The molecule has 0 aromatic heterocycles. The van der Waals surface area contributed by atoms with Crippen LogP contribution in [-0.4, -0.2) is 36.2 Å². The van der Waals surface area contributed by atoms with Crippen molar-refractivity contribution in [3.8, 4) is 23.0 Å². The molecule has 8 heteroatoms. The molecule has 0 saturated carbocycles. The van der Waals surface area contributed by atoms with Gasteiger partial charge >= 0.3 is 12.1 Å². The van der Waals surface area contributed by atoms with Crippen LogP contribution in [0.4, 0.5) is 14.9 Å². The molecule has 170 valence electrons. The molecular weight excluding hydrogens is 439 g/mol. The molecule has 3 aromatic rings. The van der Waals surface area contributed by atoms with Crippen LogP contribution >= 0.6 is 0 Å². The lowest BCUT2D eigenvalue weighted by Gasteiger charge is -2.15. The lowest BCUT2D eigenvalue weighted by atomic mass is 9.98. The van der Waals surface area contributed by atoms with Crippen LogP contribution in [0.5, 0.6) is 0 Å². The topological polar surface area (TPSA) is 105 Å². The number of carbonyl (C=O) groups excluding carboxylic acids is 2. The van der Waals surface area contributed by atoms with E-state index < -0.39 is 23.8 Å². The highest BCUT2D eigenvalue weighted by atomic mass is 19.1. The van der Waals surface area contributed by atoms with Gasteiger partial charge in [-0.3, -0.25) is 10.1 Å². The summed E-state index contributed by atoms with van der Waals surface area (Å²) in [6.07, 6.45) is -0.743. The monoisotopic (exact) mass is 458 g/mol. The first-order chi connectivity index (χ1) is 16.4. The van der Waals surface area contributed by atoms with E-state index in [2.05, 4.69) is 16.6 Å². The van der Waals surface area contributed by atoms with E-state index in [1.807, 2.05) is 54.5 Å². The zero-order valence-corrected chi connectivity index (χ0v) is 17.8. The van der Waals surface area contributed by atoms with Crippen molar-refractivity contribution in [2.24, 2.45) is 0 Å². The second kappa shape index (κ2) is 9.88. The predicted octanol–water partition coefficient (Wildman–Crippen LogP) is 4.00. The third-order valence-corrected chi connectivity index (χ3v) is 5.33. The largest absolute Gasteiger partial charge is 0.472 e. The van der Waals surface area contributed by atoms with Crippen LogP contribution in [0.15, 0.2) is 66.7 Å². The molecule has 0 bridgehead atoms. The number of anilines is 1. The van der Waals surface area contributed by atoms with Gasteiger partial charge in [0.25, 0.3) is 5.91 Å². The van der Waals surface area contributed by atoms with Crippen LogP contribution in [0.1, 0.15) is 27.4 Å². The van der Waals surface area contributed by atoms with Crippen molar-refractivity contribution in [3.05, 3.63) is 89.2 Å². The average Bonchev–Trinajstić information content (AvgIpc) is 3.15. The summed E-state index contributed by atoms with van der Waals surface area (Å²) in [7, 11) is 0. The Hall–Kier alpha value is -4.64. The van der Waals surface area contributed by atoms with E-state index in [0.29, 0.717) is 0 Å². The van der Waals surface area contributed by atoms with Crippen molar-refractivity contribution in [2.75, 3.05) is 18.5 Å². The molecule has 0 unspecified atom stereocenters. The molecule has 0 aliphatic heterocycles. The van der Waals surface area contributed by atoms with E-state index in [0.717, 1.165) is 34.4 Å². The number of fused-ring (bicyclic) bond motifs is 3. The fraction of sp³-hybridized carbons (Fsp3) is 0.115. The molecular formula is C26H19FN2O5. The van der Waals surface area contributed by atoms with Gasteiger partial charge in [0.2, 0.25) is 0 Å². The molecule has 3 N–H and O–H groups in total. The highest BCUT2D eigenvalue weighted by Crippen LogP contribution is 2.44. The maximum Gasteiger partial charge on any atom is 0.411 e. The molecule has 0 radical (unpaired) electrons. The first-order valence-corrected chi connectivity index (χ1v) is 10.4. The van der Waals surface area contributed by atoms with E-state index in [1.165, 1.54) is 6.07 Å². The van der Waals surface area contributed by atoms with Gasteiger partial charge in [0.15, 0.2) is 0 Å². The van der Waals surface area contributed by atoms with Crippen molar-refractivity contribution >= 4 is 23.7 Å². The Morgan fingerprint density at radius 1 is 0.971 bits per heavy atom. The minimum atomic E-state index is -1.34. The van der Waals surface area contributed by atoms with E-state index in [9.17, 15) is 18.8 Å². The summed E-state index contributed by atoms with van der Waals surface area (Å²) in [4.78, 5) is 35.0. The fourth-order valence-electron chi connectivity index (χ4n) is 3.87. The van der Waals surface area contributed by atoms with Gasteiger partial charge in [-0.25, -0.2) is 14.0 Å². The second-order valence-corrected chi connectivity index (χ2v) is 7.43. The van der Waals surface area contributed by atoms with Crippen LogP contribution < -0.4 is 10.6 Å². The van der Waals surface area contributed by atoms with Crippen molar-refractivity contribution in [1.29, 1.82) is 0 Å². The number of carboxylic acid groups (broad SMARTS) is 1. The summed E-state index contributed by atoms with van der Waals surface area (Å²) in [5.41, 5.74) is 4.20. The van der Waals surface area contributed by atoms with E-state index in [-0.39, 0.29) is 30.3 Å². The lowest BCUT2D eigenvalue weighted by Crippen LogP contribution is -2.25. The van der Waals surface area contributed by atoms with Gasteiger partial charge in [-0.2, -0.15) is 0 Å². The van der Waals surface area contributed by atoms with Crippen LogP contribution in [0, 0.1) is 17.7 Å². The average molecular weight is 458 g/mol. The SMILES string of the molecule is O=C(O)C#CCNC(=O)c1cc(NC(=O)OCC2c3ccccc3-c3ccccc32)ccc1F. The van der Waals surface area contributed by atoms with Crippen LogP contribution in [-0.2, 0) is 9.53 Å². The number of hydrogen-bond acceptors (Lipinski definition) is 4. The normalized spacial score (nSPS) is 11.4. The van der Waals surface area contributed by atoms with Gasteiger partial charge in [-0.05, 0) is 40.5 Å². The van der Waals surface area contributed by atoms with Crippen molar-refractivity contribution in [3.63, 3.8) is 0 Å². The Balaban J connectivity index is 1.40. The van der Waals surface area contributed by atoms with Crippen molar-refractivity contribution < 1.29 is 28.6 Å². The summed E-state index contributed by atoms with van der Waals surface area (Å²) < 4.78 is 19.6. The maximum absolute atomic E-state index is 14.1. The molecule has 0 spiro atoms. The predicted molar refractivity (Wildman–Crippen MR) is 123 cm³/mol. The van der Waals surface area contributed by atoms with Gasteiger partial charge in [0.1, 0.15) is 12.4 Å². The minimum absolute atomic E-state index is 0.108. The number of carbonyl (C=O) groups is 3. The van der Waals surface area contributed by atoms with Gasteiger partial charge in [0, 0.05) is 17.5 Å². The second-order valence-electron chi connectivity index (χ2n) is 7.43. The maximum atomic E-state index is 14.1. The Morgan fingerprint density at radius 3 is 2.26 bits per heavy atom. The molecule has 7 nitrogen and oxygen atoms in total. The molecule has 0 heterocycles. The number of halogens is 1. The summed E-state index contributed by atoms with van der Waals surface area (Å²) in [5, 5.41) is 13.3. The van der Waals surface area contributed by atoms with E-state index in [1.54, 1.807) is 0 Å². The molecule has 1 aliphatic rings. The van der Waals surface area contributed by atoms with Gasteiger partial charge in [-0.15, -0.1) is 0 Å². The minimum Gasteiger partial charge on any atom is -0.472 e. The molecule has 2 amide bonds. The number of benzene rings is 3. The Morgan fingerprint density at radius 2 is 1.62 bits per heavy atom. The summed E-state index contributed by atoms with van der Waals surface area (Å²) >= 11 is 0. The molecule has 4 rings (SSSR count). The number of carboxylic acids is 1. The summed E-state index contributed by atoms with van der Waals surface area (Å²) in [6.45, 7) is -0.161. The molecule has 0 fully saturated rings. The van der Waals surface area contributed by atoms with Gasteiger partial charge in [-0.1, -0.05) is 54.5 Å². The molecule has 0 atom stereocenters. The third-order valence-electron chi connectivity index (χ3n) is 5.33. The Kier molecular flexibility index (Phi) is 6.55. The first-order valence-electron chi connectivity index (χ1n) is 10.4. The van der Waals surface area contributed by atoms with Gasteiger partial charge in [0.05, 0.1) is 12.1 Å².